The fourth-order valence-corrected chi connectivity index (χ4v) is 11.4. The molecule has 0 aliphatic rings. The Morgan fingerprint density at radius 3 is 2.18 bits per heavy atom. The predicted molar refractivity (Wildman–Crippen MR) is 247 cm³/mol. The molecule has 0 saturated heterocycles. The van der Waals surface area contributed by atoms with Crippen LogP contribution in [0, 0.1) is 19.1 Å². The molecule has 1 radical (unpaired) electrons. The summed E-state index contributed by atoms with van der Waals surface area (Å²) < 4.78 is 10.3. The molecule has 0 saturated carbocycles. The van der Waals surface area contributed by atoms with Crippen molar-refractivity contribution < 1.29 is 24.5 Å². The summed E-state index contributed by atoms with van der Waals surface area (Å²) in [6.07, 6.45) is 7.00. The Balaban J connectivity index is 0.000000241. The number of furan rings is 1. The largest absolute Gasteiger partial charge is 0.486 e. The standard InChI is InChI=1S/C36H31N4O.C16H20GeN.Ir/c1-21(2)29-19-37-20-31-33(29)40(26-14-12-25(13-15-26)24-9-7-6-8-10-24)35(38-31)28-16-11-23(5)32-27-17-18-30(22(3)4)39-36(27)41-34(28)32;1-5-13-11-16(14-9-7-6-8-10-14)18-12-15(13)17(2,3)4;/h6-15,17-22H,1-5H3;6-9,11-12H,5H2,1-4H3;/q2*-1;. The molecule has 5 aromatic heterocycles. The molecular weight excluding hydrogens is 975 g/mol. The number of rotatable bonds is 8. The number of hydrogen-bond acceptors (Lipinski definition) is 5. The van der Waals surface area contributed by atoms with Crippen LogP contribution in [0.25, 0.3) is 72.6 Å². The second-order valence-corrected chi connectivity index (χ2v) is 27.5. The number of hydrogen-bond donors (Lipinski definition) is 0. The minimum absolute atomic E-state index is 0. The third-order valence-corrected chi connectivity index (χ3v) is 15.4. The van der Waals surface area contributed by atoms with Gasteiger partial charge in [0.25, 0.3) is 0 Å². The molecule has 0 unspecified atom stereocenters. The van der Waals surface area contributed by atoms with Crippen LogP contribution < -0.4 is 4.40 Å². The maximum Gasteiger partial charge on any atom is 0.216 e. The number of fused-ring (bicyclic) bond motifs is 4. The second-order valence-electron chi connectivity index (χ2n) is 16.9. The summed E-state index contributed by atoms with van der Waals surface area (Å²) in [5.74, 6) is 8.62. The molecule has 0 aliphatic heterocycles. The Morgan fingerprint density at radius 2 is 1.52 bits per heavy atom. The van der Waals surface area contributed by atoms with Crippen molar-refractivity contribution in [3.05, 3.63) is 156 Å². The monoisotopic (exact) mass is 1030 g/mol. The smallest absolute Gasteiger partial charge is 0.216 e. The van der Waals surface area contributed by atoms with E-state index in [1.807, 2.05) is 42.7 Å². The fourth-order valence-electron chi connectivity index (χ4n) is 7.86. The van der Waals surface area contributed by atoms with Gasteiger partial charge in [0.15, 0.2) is 0 Å². The van der Waals surface area contributed by atoms with Crippen molar-refractivity contribution in [3.8, 4) is 39.5 Å². The molecule has 6 nitrogen and oxygen atoms in total. The van der Waals surface area contributed by atoms with Crippen molar-refractivity contribution in [2.75, 3.05) is 0 Å². The molecule has 0 fully saturated rings. The van der Waals surface area contributed by atoms with E-state index in [4.69, 9.17) is 14.4 Å². The van der Waals surface area contributed by atoms with E-state index in [2.05, 4.69) is 164 Å². The topological polar surface area (TPSA) is 69.6 Å². The van der Waals surface area contributed by atoms with Gasteiger partial charge < -0.3 is 8.98 Å². The number of aromatic nitrogens is 5. The summed E-state index contributed by atoms with van der Waals surface area (Å²) >= 11 is -1.80. The summed E-state index contributed by atoms with van der Waals surface area (Å²) in [7, 11) is 0. The molecule has 9 rings (SSSR count). The van der Waals surface area contributed by atoms with Crippen LogP contribution in [-0.4, -0.2) is 37.8 Å². The zero-order valence-corrected chi connectivity index (χ0v) is 40.4. The number of pyridine rings is 3. The molecule has 0 spiro atoms. The van der Waals surface area contributed by atoms with Crippen LogP contribution in [0.4, 0.5) is 0 Å². The molecule has 4 aromatic carbocycles. The molecular formula is C52H51GeIrN5O-2. The maximum absolute atomic E-state index is 6.54. The molecule has 0 amide bonds. The number of nitrogens with zero attached hydrogens (tertiary/aromatic N) is 5. The van der Waals surface area contributed by atoms with E-state index < -0.39 is 13.3 Å². The summed E-state index contributed by atoms with van der Waals surface area (Å²) in [5, 5.41) is 2.06. The zero-order valence-electron chi connectivity index (χ0n) is 35.9. The van der Waals surface area contributed by atoms with Gasteiger partial charge in [-0.1, -0.05) is 88.0 Å². The quantitative estimate of drug-likeness (QED) is 0.112. The number of imidazole rings is 1. The van der Waals surface area contributed by atoms with Crippen LogP contribution in [0.5, 0.6) is 0 Å². The van der Waals surface area contributed by atoms with Crippen LogP contribution >= 0.6 is 0 Å². The molecule has 8 heteroatoms. The average Bonchev–Trinajstić information content (AvgIpc) is 3.83. The molecule has 305 valence electrons. The van der Waals surface area contributed by atoms with Gasteiger partial charge in [-0.25, -0.2) is 4.98 Å². The minimum Gasteiger partial charge on any atom is -0.486 e. The Labute approximate surface area is 370 Å². The molecule has 60 heavy (non-hydrogen) atoms. The van der Waals surface area contributed by atoms with E-state index in [0.29, 0.717) is 11.6 Å². The molecule has 5 heterocycles. The van der Waals surface area contributed by atoms with Crippen molar-refractivity contribution >= 4 is 50.8 Å². The number of benzene rings is 4. The van der Waals surface area contributed by atoms with Gasteiger partial charge in [-0.05, 0) is 52.8 Å². The second kappa shape index (κ2) is 17.8. The Kier molecular flexibility index (Phi) is 12.7. The first-order valence-corrected chi connectivity index (χ1v) is 28.0. The molecule has 0 N–H and O–H groups in total. The summed E-state index contributed by atoms with van der Waals surface area (Å²) in [4.78, 5) is 19.2. The van der Waals surface area contributed by atoms with E-state index in [9.17, 15) is 0 Å². The Hall–Kier alpha value is -5.21. The van der Waals surface area contributed by atoms with Gasteiger partial charge in [-0.3, -0.25) is 9.97 Å². The van der Waals surface area contributed by atoms with E-state index in [-0.39, 0.29) is 26.0 Å². The van der Waals surface area contributed by atoms with E-state index >= 15 is 0 Å². The summed E-state index contributed by atoms with van der Waals surface area (Å²) in [6, 6.07) is 42.4. The number of aryl methyl sites for hydroxylation is 2. The third-order valence-electron chi connectivity index (χ3n) is 11.1. The Bertz CT molecular complexity index is 2910. The van der Waals surface area contributed by atoms with Gasteiger partial charge in [0.1, 0.15) is 0 Å². The van der Waals surface area contributed by atoms with Crippen LogP contribution in [0.2, 0.25) is 17.3 Å². The first-order valence-electron chi connectivity index (χ1n) is 20.7. The maximum atomic E-state index is 6.54. The van der Waals surface area contributed by atoms with Crippen molar-refractivity contribution in [3.63, 3.8) is 0 Å². The van der Waals surface area contributed by atoms with Crippen molar-refractivity contribution in [1.29, 1.82) is 0 Å². The van der Waals surface area contributed by atoms with Crippen molar-refractivity contribution in [2.45, 2.75) is 77.1 Å². The fraction of sp³-hybridized carbons (Fsp3) is 0.231. The first-order chi connectivity index (χ1) is 28.4. The van der Waals surface area contributed by atoms with E-state index in [0.717, 1.165) is 79.0 Å². The van der Waals surface area contributed by atoms with Gasteiger partial charge in [0, 0.05) is 43.1 Å². The van der Waals surface area contributed by atoms with Crippen LogP contribution in [0.1, 0.15) is 68.8 Å². The molecule has 0 aliphatic carbocycles. The van der Waals surface area contributed by atoms with Gasteiger partial charge in [-0.15, -0.1) is 17.7 Å². The van der Waals surface area contributed by atoms with Crippen molar-refractivity contribution in [2.24, 2.45) is 0 Å². The van der Waals surface area contributed by atoms with Gasteiger partial charge in [0.2, 0.25) is 5.71 Å². The Morgan fingerprint density at radius 1 is 0.783 bits per heavy atom. The van der Waals surface area contributed by atoms with Gasteiger partial charge >= 0.3 is 113 Å². The average molecular weight is 1030 g/mol. The van der Waals surface area contributed by atoms with Crippen LogP contribution in [0.15, 0.2) is 126 Å². The van der Waals surface area contributed by atoms with Crippen LogP contribution in [-0.2, 0) is 26.5 Å². The van der Waals surface area contributed by atoms with Crippen molar-refractivity contribution in [1.82, 2.24) is 24.5 Å². The normalized spacial score (nSPS) is 11.7. The third kappa shape index (κ3) is 8.41. The zero-order chi connectivity index (χ0) is 41.4. The predicted octanol–water partition coefficient (Wildman–Crippen LogP) is 13.1. The molecule has 0 bridgehead atoms. The van der Waals surface area contributed by atoms with Gasteiger partial charge in [0.05, 0.1) is 28.6 Å². The summed E-state index contributed by atoms with van der Waals surface area (Å²) in [5.41, 5.74) is 14.3. The van der Waals surface area contributed by atoms with E-state index in [1.165, 1.54) is 21.1 Å². The molecule has 0 atom stereocenters. The summed E-state index contributed by atoms with van der Waals surface area (Å²) in [6.45, 7) is 13.0. The first kappa shape index (κ1) is 42.9. The minimum atomic E-state index is -1.80. The van der Waals surface area contributed by atoms with E-state index in [1.54, 1.807) is 0 Å². The van der Waals surface area contributed by atoms with Gasteiger partial charge in [-0.2, -0.15) is 0 Å². The van der Waals surface area contributed by atoms with Crippen LogP contribution in [0.3, 0.4) is 0 Å². The SMILES string of the molecule is CCc1cc(-c2[c-]cccc2)nc[c]1[Ge]([CH3])([CH3])[CH3].Cc1c[c-]c(-c2nc3cncc(C(C)C)c3n2-c2ccc(-c3ccccc3)cc2)c2oc3nc(C(C)C)ccc3c12.[Ir]. The molecule has 9 aromatic rings.